The van der Waals surface area contributed by atoms with E-state index in [0.717, 1.165) is 0 Å². The first kappa shape index (κ1) is 12.1. The number of carbonyl (C=O) groups excluding carboxylic acids is 1. The fraction of sp³-hybridized carbons (Fsp3) is 0.667. The van der Waals surface area contributed by atoms with E-state index in [2.05, 4.69) is 10.0 Å². The Morgan fingerprint density at radius 1 is 1.44 bits per heavy atom. The van der Waals surface area contributed by atoms with Gasteiger partial charge < -0.3 is 10.0 Å². The molecule has 16 heavy (non-hydrogen) atoms. The molecule has 0 radical (unpaired) electrons. The van der Waals surface area contributed by atoms with Crippen molar-refractivity contribution in [3.05, 3.63) is 10.4 Å². The number of amides is 1. The van der Waals surface area contributed by atoms with Gasteiger partial charge in [0.1, 0.15) is 0 Å². The van der Waals surface area contributed by atoms with E-state index in [1.165, 1.54) is 0 Å². The van der Waals surface area contributed by atoms with Gasteiger partial charge in [-0.2, -0.15) is 13.2 Å². The maximum atomic E-state index is 11.9. The Balaban J connectivity index is 2.76. The molecule has 1 aliphatic heterocycles. The molecule has 10 heteroatoms. The number of carboxylic acid groups (broad SMARTS) is 1. The molecular weight excluding hydrogens is 233 g/mol. The van der Waals surface area contributed by atoms with Crippen LogP contribution in [-0.2, 0) is 9.59 Å². The second-order valence-electron chi connectivity index (χ2n) is 3.19. The Hall–Kier alpha value is -1.96. The number of halogens is 3. The minimum atomic E-state index is -5.05. The van der Waals surface area contributed by atoms with Crippen LogP contribution in [0.1, 0.15) is 0 Å². The molecule has 0 unspecified atom stereocenters. The lowest BCUT2D eigenvalue weighted by Crippen LogP contribution is -2.68. The van der Waals surface area contributed by atoms with Gasteiger partial charge in [-0.1, -0.05) is 5.11 Å². The Bertz CT molecular complexity index is 377. The molecular formula is C6H5F3N4O3. The Morgan fingerprint density at radius 2 is 1.94 bits per heavy atom. The van der Waals surface area contributed by atoms with Gasteiger partial charge in [0.25, 0.3) is 0 Å². The van der Waals surface area contributed by atoms with Crippen molar-refractivity contribution < 1.29 is 27.9 Å². The average Bonchev–Trinajstić information content (AvgIpc) is 2.07. The predicted molar refractivity (Wildman–Crippen MR) is 42.1 cm³/mol. The Kier molecular flexibility index (Phi) is 2.70. The first-order chi connectivity index (χ1) is 7.23. The van der Waals surface area contributed by atoms with Crippen molar-refractivity contribution in [2.24, 2.45) is 5.11 Å². The third kappa shape index (κ3) is 1.87. The Labute approximate surface area is 86.1 Å². The smallest absolute Gasteiger partial charge is 0.471 e. The lowest BCUT2D eigenvalue weighted by Gasteiger charge is -2.43. The SMILES string of the molecule is [N-]=[N+]=NC1(C(=O)O)CN(C(=O)C(F)(F)F)C1. The van der Waals surface area contributed by atoms with E-state index < -0.39 is 36.7 Å². The van der Waals surface area contributed by atoms with Gasteiger partial charge in [0, 0.05) is 18.0 Å². The van der Waals surface area contributed by atoms with Crippen molar-refractivity contribution in [2.75, 3.05) is 13.1 Å². The van der Waals surface area contributed by atoms with E-state index in [0.29, 0.717) is 0 Å². The fourth-order valence-corrected chi connectivity index (χ4v) is 1.23. The van der Waals surface area contributed by atoms with Gasteiger partial charge >= 0.3 is 18.1 Å². The van der Waals surface area contributed by atoms with Crippen molar-refractivity contribution in [1.29, 1.82) is 0 Å². The minimum Gasteiger partial charge on any atom is -0.481 e. The molecule has 1 N–H and O–H groups in total. The first-order valence-corrected chi connectivity index (χ1v) is 3.89. The molecule has 0 atom stereocenters. The zero-order valence-corrected chi connectivity index (χ0v) is 7.60. The molecule has 1 heterocycles. The summed E-state index contributed by atoms with van der Waals surface area (Å²) in [6.07, 6.45) is -5.05. The predicted octanol–water partition coefficient (Wildman–Crippen LogP) is 0.525. The summed E-state index contributed by atoms with van der Waals surface area (Å²) in [7, 11) is 0. The van der Waals surface area contributed by atoms with Crippen LogP contribution in [-0.4, -0.2) is 46.7 Å². The fourth-order valence-electron chi connectivity index (χ4n) is 1.23. The summed E-state index contributed by atoms with van der Waals surface area (Å²) >= 11 is 0. The highest BCUT2D eigenvalue weighted by atomic mass is 19.4. The molecule has 88 valence electrons. The zero-order valence-electron chi connectivity index (χ0n) is 7.60. The van der Waals surface area contributed by atoms with Gasteiger partial charge in [0.2, 0.25) is 0 Å². The second kappa shape index (κ2) is 3.56. The van der Waals surface area contributed by atoms with Crippen LogP contribution in [0.3, 0.4) is 0 Å². The average molecular weight is 238 g/mol. The van der Waals surface area contributed by atoms with Gasteiger partial charge in [0.15, 0.2) is 5.54 Å². The Morgan fingerprint density at radius 3 is 2.25 bits per heavy atom. The minimum absolute atomic E-state index is 0.267. The molecule has 1 rings (SSSR count). The lowest BCUT2D eigenvalue weighted by atomic mass is 9.91. The molecule has 0 aliphatic carbocycles. The molecule has 0 saturated carbocycles. The molecule has 7 nitrogen and oxygen atoms in total. The van der Waals surface area contributed by atoms with Crippen molar-refractivity contribution in [3.8, 4) is 0 Å². The molecule has 1 aliphatic rings. The van der Waals surface area contributed by atoms with Crippen molar-refractivity contribution in [2.45, 2.75) is 11.7 Å². The van der Waals surface area contributed by atoms with Crippen molar-refractivity contribution in [3.63, 3.8) is 0 Å². The van der Waals surface area contributed by atoms with Gasteiger partial charge in [-0.25, -0.2) is 0 Å². The summed E-state index contributed by atoms with van der Waals surface area (Å²) in [6.45, 7) is -1.55. The molecule has 0 aromatic carbocycles. The number of likely N-dealkylation sites (tertiary alicyclic amines) is 1. The quantitative estimate of drug-likeness (QED) is 0.430. The molecule has 0 aromatic heterocycles. The summed E-state index contributed by atoms with van der Waals surface area (Å²) < 4.78 is 35.8. The number of rotatable bonds is 2. The zero-order chi connectivity index (χ0) is 12.6. The number of carboxylic acids is 1. The highest BCUT2D eigenvalue weighted by Gasteiger charge is 2.56. The summed E-state index contributed by atoms with van der Waals surface area (Å²) in [4.78, 5) is 23.8. The van der Waals surface area contributed by atoms with Crippen LogP contribution < -0.4 is 0 Å². The van der Waals surface area contributed by atoms with E-state index in [9.17, 15) is 22.8 Å². The van der Waals surface area contributed by atoms with E-state index in [-0.39, 0.29) is 4.90 Å². The molecule has 1 fully saturated rings. The second-order valence-corrected chi connectivity index (χ2v) is 3.19. The van der Waals surface area contributed by atoms with Gasteiger partial charge in [0.05, 0.1) is 0 Å². The summed E-state index contributed by atoms with van der Waals surface area (Å²) in [5.41, 5.74) is 6.09. The monoisotopic (exact) mass is 238 g/mol. The normalized spacial score (nSPS) is 18.3. The topological polar surface area (TPSA) is 106 Å². The van der Waals surface area contributed by atoms with Crippen LogP contribution in [0.25, 0.3) is 10.4 Å². The van der Waals surface area contributed by atoms with E-state index in [4.69, 9.17) is 10.6 Å². The van der Waals surface area contributed by atoms with Crippen LogP contribution in [0.15, 0.2) is 5.11 Å². The van der Waals surface area contributed by atoms with Gasteiger partial charge in [-0.3, -0.25) is 9.59 Å². The van der Waals surface area contributed by atoms with Crippen molar-refractivity contribution in [1.82, 2.24) is 4.90 Å². The maximum absolute atomic E-state index is 11.9. The summed E-state index contributed by atoms with van der Waals surface area (Å²) in [5, 5.41) is 11.5. The third-order valence-corrected chi connectivity index (χ3v) is 2.07. The van der Waals surface area contributed by atoms with Gasteiger partial charge in [-0.15, -0.1) is 0 Å². The highest BCUT2D eigenvalue weighted by Crippen LogP contribution is 2.30. The van der Waals surface area contributed by atoms with E-state index >= 15 is 0 Å². The largest absolute Gasteiger partial charge is 0.481 e. The number of alkyl halides is 3. The van der Waals surface area contributed by atoms with Crippen LogP contribution in [0.2, 0.25) is 0 Å². The molecule has 0 bridgehead atoms. The van der Waals surface area contributed by atoms with Crippen LogP contribution in [0.5, 0.6) is 0 Å². The molecule has 1 amide bonds. The van der Waals surface area contributed by atoms with Crippen LogP contribution >= 0.6 is 0 Å². The first-order valence-electron chi connectivity index (χ1n) is 3.89. The maximum Gasteiger partial charge on any atom is 0.471 e. The molecule has 1 saturated heterocycles. The molecule has 0 aromatic rings. The molecule has 0 spiro atoms. The number of nitrogens with zero attached hydrogens (tertiary/aromatic N) is 4. The number of hydrogen-bond acceptors (Lipinski definition) is 3. The van der Waals surface area contributed by atoms with Crippen LogP contribution in [0, 0.1) is 0 Å². The number of carbonyl (C=O) groups is 2. The number of aliphatic carboxylic acids is 1. The summed E-state index contributed by atoms with van der Waals surface area (Å²) in [5.74, 6) is -3.70. The summed E-state index contributed by atoms with van der Waals surface area (Å²) in [6, 6.07) is 0. The standard InChI is InChI=1S/C6H5F3N4O3/c7-6(8,9)3(14)13-1-5(2-13,4(15)16)11-12-10/h1-2H2,(H,15,16). The van der Waals surface area contributed by atoms with Crippen LogP contribution in [0.4, 0.5) is 13.2 Å². The lowest BCUT2D eigenvalue weighted by molar-refractivity contribution is -0.194. The van der Waals surface area contributed by atoms with Gasteiger partial charge in [-0.05, 0) is 5.53 Å². The number of azide groups is 1. The third-order valence-electron chi connectivity index (χ3n) is 2.07. The van der Waals surface area contributed by atoms with Crippen molar-refractivity contribution >= 4 is 11.9 Å². The number of hydrogen-bond donors (Lipinski definition) is 1. The van der Waals surface area contributed by atoms with E-state index in [1.54, 1.807) is 0 Å². The van der Waals surface area contributed by atoms with E-state index in [1.807, 2.05) is 0 Å². The highest BCUT2D eigenvalue weighted by molar-refractivity contribution is 5.88.